The van der Waals surface area contributed by atoms with Crippen LogP contribution in [0.4, 0.5) is 8.78 Å². The fourth-order valence-corrected chi connectivity index (χ4v) is 2.48. The molecule has 2 N–H and O–H groups in total. The molecule has 0 saturated carbocycles. The number of carbonyl (C=O) groups is 1. The van der Waals surface area contributed by atoms with Crippen molar-refractivity contribution >= 4 is 5.91 Å². The first kappa shape index (κ1) is 18.9. The van der Waals surface area contributed by atoms with Crippen molar-refractivity contribution in [3.05, 3.63) is 65.2 Å². The molecule has 0 aliphatic rings. The van der Waals surface area contributed by atoms with Gasteiger partial charge in [-0.25, -0.2) is 8.78 Å². The van der Waals surface area contributed by atoms with Crippen LogP contribution in [0, 0.1) is 11.6 Å². The minimum absolute atomic E-state index is 0.204. The van der Waals surface area contributed by atoms with E-state index in [1.807, 2.05) is 24.3 Å². The van der Waals surface area contributed by atoms with Crippen LogP contribution in [-0.2, 0) is 11.3 Å². The molecule has 0 fully saturated rings. The summed E-state index contributed by atoms with van der Waals surface area (Å²) >= 11 is 0. The summed E-state index contributed by atoms with van der Waals surface area (Å²) in [6.07, 6.45) is 0. The molecule has 2 aromatic carbocycles. The summed E-state index contributed by atoms with van der Waals surface area (Å²) in [4.78, 5) is 12.2. The highest BCUT2D eigenvalue weighted by Gasteiger charge is 2.18. The van der Waals surface area contributed by atoms with Gasteiger partial charge in [0.15, 0.2) is 0 Å². The lowest BCUT2D eigenvalue weighted by Gasteiger charge is -2.20. The molecule has 4 nitrogen and oxygen atoms in total. The predicted molar refractivity (Wildman–Crippen MR) is 92.2 cm³/mol. The summed E-state index contributed by atoms with van der Waals surface area (Å²) in [5, 5.41) is 5.84. The van der Waals surface area contributed by atoms with Gasteiger partial charge in [0.1, 0.15) is 17.4 Å². The van der Waals surface area contributed by atoms with Gasteiger partial charge in [0.2, 0.25) is 5.91 Å². The van der Waals surface area contributed by atoms with Gasteiger partial charge >= 0.3 is 0 Å². The van der Waals surface area contributed by atoms with Crippen molar-refractivity contribution in [3.63, 3.8) is 0 Å². The van der Waals surface area contributed by atoms with Gasteiger partial charge in [-0.3, -0.25) is 10.1 Å². The zero-order valence-corrected chi connectivity index (χ0v) is 14.5. The molecule has 6 heteroatoms. The zero-order chi connectivity index (χ0) is 18.4. The smallest absolute Gasteiger partial charge is 0.237 e. The lowest BCUT2D eigenvalue weighted by atomic mass is 10.1. The summed E-state index contributed by atoms with van der Waals surface area (Å²) in [6, 6.07) is 9.84. The minimum Gasteiger partial charge on any atom is -0.497 e. The zero-order valence-electron chi connectivity index (χ0n) is 14.5. The molecule has 0 aliphatic heterocycles. The Morgan fingerprint density at radius 1 is 1.12 bits per heavy atom. The second-order valence-electron chi connectivity index (χ2n) is 5.84. The predicted octanol–water partition coefficient (Wildman–Crippen LogP) is 3.33. The Bertz CT molecular complexity index is 720. The van der Waals surface area contributed by atoms with Gasteiger partial charge < -0.3 is 10.1 Å². The Balaban J connectivity index is 1.88. The van der Waals surface area contributed by atoms with Gasteiger partial charge in [-0.15, -0.1) is 0 Å². The molecule has 2 aromatic rings. The average molecular weight is 348 g/mol. The van der Waals surface area contributed by atoms with E-state index < -0.39 is 23.7 Å². The fourth-order valence-electron chi connectivity index (χ4n) is 2.48. The van der Waals surface area contributed by atoms with Crippen LogP contribution in [0.2, 0.25) is 0 Å². The number of ether oxygens (including phenoxy) is 1. The lowest BCUT2D eigenvalue weighted by molar-refractivity contribution is -0.123. The second kappa shape index (κ2) is 8.58. The van der Waals surface area contributed by atoms with Gasteiger partial charge in [0.25, 0.3) is 0 Å². The summed E-state index contributed by atoms with van der Waals surface area (Å²) in [7, 11) is 1.59. The molecule has 0 spiro atoms. The fraction of sp³-hybridized carbons (Fsp3) is 0.316. The lowest BCUT2D eigenvalue weighted by Crippen LogP contribution is -2.43. The summed E-state index contributed by atoms with van der Waals surface area (Å²) in [6.45, 7) is 3.80. The molecule has 2 rings (SSSR count). The Labute approximate surface area is 146 Å². The van der Waals surface area contributed by atoms with Crippen LogP contribution < -0.4 is 15.4 Å². The molecule has 0 aromatic heterocycles. The maximum absolute atomic E-state index is 13.8. The third-order valence-electron chi connectivity index (χ3n) is 3.95. The van der Waals surface area contributed by atoms with Gasteiger partial charge in [-0.2, -0.15) is 0 Å². The van der Waals surface area contributed by atoms with E-state index in [4.69, 9.17) is 4.74 Å². The third kappa shape index (κ3) is 5.26. The molecule has 1 amide bonds. The average Bonchev–Trinajstić information content (AvgIpc) is 2.59. The number of hydrogen-bond donors (Lipinski definition) is 2. The Morgan fingerprint density at radius 2 is 1.80 bits per heavy atom. The van der Waals surface area contributed by atoms with Crippen LogP contribution in [-0.4, -0.2) is 19.1 Å². The SMILES string of the molecule is COc1ccc(CNC(=O)[C@H](C)N[C@@H](C)c2ccc(F)cc2F)cc1. The highest BCUT2D eigenvalue weighted by atomic mass is 19.1. The number of rotatable bonds is 7. The number of halogens is 2. The molecule has 0 saturated heterocycles. The summed E-state index contributed by atoms with van der Waals surface area (Å²) in [5.41, 5.74) is 1.26. The standard InChI is InChI=1S/C19H22F2N2O2/c1-12(17-9-6-15(20)10-18(17)21)23-13(2)19(24)22-11-14-4-7-16(25-3)8-5-14/h4-10,12-13,23H,11H2,1-3H3,(H,22,24)/t12-,13-/m0/s1. The topological polar surface area (TPSA) is 50.4 Å². The maximum Gasteiger partial charge on any atom is 0.237 e. The number of nitrogens with one attached hydrogen (secondary N) is 2. The first-order valence-corrected chi connectivity index (χ1v) is 8.02. The van der Waals surface area contributed by atoms with Gasteiger partial charge in [0.05, 0.1) is 13.2 Å². The van der Waals surface area contributed by atoms with Crippen molar-refractivity contribution in [3.8, 4) is 5.75 Å². The number of carbonyl (C=O) groups excluding carboxylic acids is 1. The molecule has 0 radical (unpaired) electrons. The van der Waals surface area contributed by atoms with E-state index in [1.165, 1.54) is 12.1 Å². The first-order chi connectivity index (χ1) is 11.9. The summed E-state index contributed by atoms with van der Waals surface area (Å²) in [5.74, 6) is -0.713. The highest BCUT2D eigenvalue weighted by Crippen LogP contribution is 2.18. The molecular weight excluding hydrogens is 326 g/mol. The Hall–Kier alpha value is -2.47. The van der Waals surface area contributed by atoms with Crippen molar-refractivity contribution in [2.45, 2.75) is 32.5 Å². The normalized spacial score (nSPS) is 13.2. The van der Waals surface area contributed by atoms with Crippen LogP contribution in [0.15, 0.2) is 42.5 Å². The van der Waals surface area contributed by atoms with Gasteiger partial charge in [-0.1, -0.05) is 18.2 Å². The van der Waals surface area contributed by atoms with E-state index in [-0.39, 0.29) is 5.91 Å². The first-order valence-electron chi connectivity index (χ1n) is 8.02. The molecule has 134 valence electrons. The number of methoxy groups -OCH3 is 1. The largest absolute Gasteiger partial charge is 0.497 e. The van der Waals surface area contributed by atoms with Crippen molar-refractivity contribution in [1.29, 1.82) is 0 Å². The summed E-state index contributed by atoms with van der Waals surface area (Å²) < 4.78 is 31.9. The number of benzene rings is 2. The van der Waals surface area contributed by atoms with Crippen LogP contribution in [0.25, 0.3) is 0 Å². The van der Waals surface area contributed by atoms with Crippen LogP contribution >= 0.6 is 0 Å². The van der Waals surface area contributed by atoms with Gasteiger partial charge in [0, 0.05) is 24.2 Å². The van der Waals surface area contributed by atoms with E-state index in [9.17, 15) is 13.6 Å². The maximum atomic E-state index is 13.8. The number of amides is 1. The van der Waals surface area contributed by atoms with Gasteiger partial charge in [-0.05, 0) is 37.6 Å². The van der Waals surface area contributed by atoms with E-state index in [2.05, 4.69) is 10.6 Å². The molecule has 0 unspecified atom stereocenters. The quantitative estimate of drug-likeness (QED) is 0.807. The molecular formula is C19H22F2N2O2. The van der Waals surface area contributed by atoms with E-state index in [1.54, 1.807) is 21.0 Å². The third-order valence-corrected chi connectivity index (χ3v) is 3.95. The van der Waals surface area contributed by atoms with Crippen molar-refractivity contribution in [2.75, 3.05) is 7.11 Å². The van der Waals surface area contributed by atoms with Crippen molar-refractivity contribution < 1.29 is 18.3 Å². The van der Waals surface area contributed by atoms with E-state index in [0.29, 0.717) is 12.1 Å². The van der Waals surface area contributed by atoms with Crippen molar-refractivity contribution in [2.24, 2.45) is 0 Å². The Kier molecular flexibility index (Phi) is 6.47. The molecule has 2 atom stereocenters. The van der Waals surface area contributed by atoms with Crippen LogP contribution in [0.3, 0.4) is 0 Å². The van der Waals surface area contributed by atoms with Crippen LogP contribution in [0.1, 0.15) is 31.0 Å². The molecule has 0 aliphatic carbocycles. The minimum atomic E-state index is -0.633. The van der Waals surface area contributed by atoms with Crippen molar-refractivity contribution in [1.82, 2.24) is 10.6 Å². The molecule has 25 heavy (non-hydrogen) atoms. The monoisotopic (exact) mass is 348 g/mol. The van der Waals surface area contributed by atoms with Crippen LogP contribution in [0.5, 0.6) is 5.75 Å². The van der Waals surface area contributed by atoms with E-state index in [0.717, 1.165) is 17.4 Å². The molecule has 0 bridgehead atoms. The van der Waals surface area contributed by atoms with E-state index >= 15 is 0 Å². The second-order valence-corrected chi connectivity index (χ2v) is 5.84. The Morgan fingerprint density at radius 3 is 2.40 bits per heavy atom. The number of hydrogen-bond acceptors (Lipinski definition) is 3. The molecule has 0 heterocycles. The highest BCUT2D eigenvalue weighted by molar-refractivity contribution is 5.81.